The minimum absolute atomic E-state index is 0.0303. The van der Waals surface area contributed by atoms with Crippen LogP contribution in [0.3, 0.4) is 0 Å². The number of carbonyl (C=O) groups excluding carboxylic acids is 1. The standard InChI is InChI=1S/C11H14N2O3S/c1-2-3-4-7-11(14)13-17(15,16)10-6-5-8-12-9-10/h4-9H,2-3H2,1H3,(H,13,14). The van der Waals surface area contributed by atoms with E-state index in [2.05, 4.69) is 4.98 Å². The average molecular weight is 254 g/mol. The summed E-state index contributed by atoms with van der Waals surface area (Å²) in [5, 5.41) is 0. The van der Waals surface area contributed by atoms with E-state index in [9.17, 15) is 13.2 Å². The molecule has 1 aromatic rings. The van der Waals surface area contributed by atoms with Crippen molar-refractivity contribution in [2.24, 2.45) is 0 Å². The molecule has 92 valence electrons. The molecule has 0 aliphatic rings. The summed E-state index contributed by atoms with van der Waals surface area (Å²) in [4.78, 5) is 15.0. The fourth-order valence-electron chi connectivity index (χ4n) is 1.09. The molecule has 0 fully saturated rings. The first-order valence-electron chi connectivity index (χ1n) is 5.19. The van der Waals surface area contributed by atoms with Gasteiger partial charge in [-0.3, -0.25) is 9.78 Å². The van der Waals surface area contributed by atoms with Crippen LogP contribution in [0.1, 0.15) is 19.8 Å². The van der Waals surface area contributed by atoms with E-state index in [4.69, 9.17) is 0 Å². The second kappa shape index (κ2) is 6.15. The molecule has 1 aromatic heterocycles. The molecule has 0 saturated heterocycles. The van der Waals surface area contributed by atoms with Crippen molar-refractivity contribution in [2.45, 2.75) is 24.7 Å². The number of hydrogen-bond acceptors (Lipinski definition) is 4. The molecule has 0 spiro atoms. The SMILES string of the molecule is CCCC=CC(=O)NS(=O)(=O)c1cccnc1. The summed E-state index contributed by atoms with van der Waals surface area (Å²) in [6.07, 6.45) is 7.14. The first-order chi connectivity index (χ1) is 8.06. The highest BCUT2D eigenvalue weighted by atomic mass is 32.2. The number of amides is 1. The summed E-state index contributed by atoms with van der Waals surface area (Å²) in [5.74, 6) is -0.651. The minimum atomic E-state index is -3.81. The third kappa shape index (κ3) is 4.36. The molecule has 0 unspecified atom stereocenters. The van der Waals surface area contributed by atoms with Gasteiger partial charge in [-0.1, -0.05) is 19.4 Å². The highest BCUT2D eigenvalue weighted by Gasteiger charge is 2.15. The summed E-state index contributed by atoms with van der Waals surface area (Å²) in [5.41, 5.74) is 0. The molecule has 5 nitrogen and oxygen atoms in total. The van der Waals surface area contributed by atoms with Gasteiger partial charge in [-0.2, -0.15) is 0 Å². The zero-order valence-electron chi connectivity index (χ0n) is 9.46. The molecule has 1 amide bonds. The van der Waals surface area contributed by atoms with Crippen molar-refractivity contribution in [1.29, 1.82) is 0 Å². The van der Waals surface area contributed by atoms with E-state index in [0.717, 1.165) is 12.8 Å². The molecular weight excluding hydrogens is 240 g/mol. The van der Waals surface area contributed by atoms with E-state index in [-0.39, 0.29) is 4.90 Å². The molecule has 1 rings (SSSR count). The Morgan fingerprint density at radius 1 is 1.53 bits per heavy atom. The number of nitrogens with zero attached hydrogens (tertiary/aromatic N) is 1. The van der Waals surface area contributed by atoms with Gasteiger partial charge >= 0.3 is 0 Å². The smallest absolute Gasteiger partial charge is 0.265 e. The van der Waals surface area contributed by atoms with E-state index >= 15 is 0 Å². The molecule has 17 heavy (non-hydrogen) atoms. The average Bonchev–Trinajstić information content (AvgIpc) is 2.30. The predicted molar refractivity (Wildman–Crippen MR) is 63.6 cm³/mol. The van der Waals surface area contributed by atoms with Crippen LogP contribution in [0.5, 0.6) is 0 Å². The maximum absolute atomic E-state index is 11.7. The number of aromatic nitrogens is 1. The Bertz CT molecular complexity index is 495. The van der Waals surface area contributed by atoms with Crippen LogP contribution in [-0.4, -0.2) is 19.3 Å². The van der Waals surface area contributed by atoms with Gasteiger partial charge in [0.25, 0.3) is 15.9 Å². The Hall–Kier alpha value is -1.69. The number of sulfonamides is 1. The summed E-state index contributed by atoms with van der Waals surface area (Å²) in [6, 6.07) is 2.87. The lowest BCUT2D eigenvalue weighted by Gasteiger charge is -2.03. The molecule has 0 bridgehead atoms. The summed E-state index contributed by atoms with van der Waals surface area (Å²) in [6.45, 7) is 1.97. The normalized spacial score (nSPS) is 11.6. The second-order valence-electron chi connectivity index (χ2n) is 3.35. The fraction of sp³-hybridized carbons (Fsp3) is 0.273. The topological polar surface area (TPSA) is 76.1 Å². The van der Waals surface area contributed by atoms with Crippen LogP contribution in [0.15, 0.2) is 41.6 Å². The van der Waals surface area contributed by atoms with E-state index in [0.29, 0.717) is 0 Å². The summed E-state index contributed by atoms with van der Waals surface area (Å²) < 4.78 is 25.3. The Kier molecular flexibility index (Phi) is 4.84. The van der Waals surface area contributed by atoms with Gasteiger partial charge in [0.15, 0.2) is 0 Å². The Labute approximate surface area is 101 Å². The molecule has 6 heteroatoms. The van der Waals surface area contributed by atoms with Crippen molar-refractivity contribution in [3.8, 4) is 0 Å². The van der Waals surface area contributed by atoms with Crippen molar-refractivity contribution in [3.05, 3.63) is 36.7 Å². The highest BCUT2D eigenvalue weighted by Crippen LogP contribution is 2.05. The van der Waals surface area contributed by atoms with Gasteiger partial charge in [-0.25, -0.2) is 13.1 Å². The van der Waals surface area contributed by atoms with Crippen LogP contribution >= 0.6 is 0 Å². The first-order valence-corrected chi connectivity index (χ1v) is 6.68. The molecule has 0 atom stereocenters. The maximum atomic E-state index is 11.7. The molecule has 0 aliphatic carbocycles. The van der Waals surface area contributed by atoms with Crippen LogP contribution in [0.25, 0.3) is 0 Å². The lowest BCUT2D eigenvalue weighted by molar-refractivity contribution is -0.114. The first kappa shape index (κ1) is 13.4. The zero-order chi connectivity index (χ0) is 12.7. The van der Waals surface area contributed by atoms with E-state index in [1.165, 1.54) is 30.6 Å². The monoisotopic (exact) mass is 254 g/mol. The quantitative estimate of drug-likeness (QED) is 0.802. The van der Waals surface area contributed by atoms with Crippen LogP contribution in [-0.2, 0) is 14.8 Å². The fourth-order valence-corrected chi connectivity index (χ4v) is 2.00. The number of carbonyl (C=O) groups is 1. The van der Waals surface area contributed by atoms with Gasteiger partial charge in [0.2, 0.25) is 0 Å². The number of unbranched alkanes of at least 4 members (excludes halogenated alkanes) is 1. The van der Waals surface area contributed by atoms with Crippen molar-refractivity contribution >= 4 is 15.9 Å². The van der Waals surface area contributed by atoms with Crippen LogP contribution < -0.4 is 4.72 Å². The number of nitrogens with one attached hydrogen (secondary N) is 1. The minimum Gasteiger partial charge on any atom is -0.269 e. The number of rotatable bonds is 5. The number of allylic oxidation sites excluding steroid dienone is 1. The second-order valence-corrected chi connectivity index (χ2v) is 5.03. The molecule has 1 heterocycles. The Balaban J connectivity index is 2.71. The van der Waals surface area contributed by atoms with Crippen molar-refractivity contribution in [2.75, 3.05) is 0 Å². The number of hydrogen-bond donors (Lipinski definition) is 1. The van der Waals surface area contributed by atoms with Crippen LogP contribution in [0, 0.1) is 0 Å². The molecule has 0 saturated carbocycles. The number of pyridine rings is 1. The van der Waals surface area contributed by atoms with E-state index < -0.39 is 15.9 Å². The summed E-state index contributed by atoms with van der Waals surface area (Å²) >= 11 is 0. The van der Waals surface area contributed by atoms with Crippen LogP contribution in [0.4, 0.5) is 0 Å². The zero-order valence-corrected chi connectivity index (χ0v) is 10.3. The molecule has 0 radical (unpaired) electrons. The van der Waals surface area contributed by atoms with Gasteiger partial charge in [0, 0.05) is 12.4 Å². The molecular formula is C11H14N2O3S. The van der Waals surface area contributed by atoms with E-state index in [1.807, 2.05) is 11.6 Å². The van der Waals surface area contributed by atoms with Gasteiger partial charge in [0.05, 0.1) is 0 Å². The third-order valence-corrected chi connectivity index (χ3v) is 3.24. The van der Waals surface area contributed by atoms with Crippen molar-refractivity contribution in [1.82, 2.24) is 9.71 Å². The van der Waals surface area contributed by atoms with Gasteiger partial charge in [-0.05, 0) is 24.6 Å². The Morgan fingerprint density at radius 3 is 2.88 bits per heavy atom. The lowest BCUT2D eigenvalue weighted by atomic mass is 10.3. The molecule has 0 aliphatic heterocycles. The van der Waals surface area contributed by atoms with E-state index in [1.54, 1.807) is 6.08 Å². The van der Waals surface area contributed by atoms with Crippen molar-refractivity contribution in [3.63, 3.8) is 0 Å². The molecule has 0 aromatic carbocycles. The van der Waals surface area contributed by atoms with Gasteiger partial charge < -0.3 is 0 Å². The predicted octanol–water partition coefficient (Wildman–Crippen LogP) is 1.24. The maximum Gasteiger partial charge on any atom is 0.265 e. The lowest BCUT2D eigenvalue weighted by Crippen LogP contribution is -2.29. The third-order valence-electron chi connectivity index (χ3n) is 1.90. The molecule has 1 N–H and O–H groups in total. The van der Waals surface area contributed by atoms with Crippen LogP contribution in [0.2, 0.25) is 0 Å². The largest absolute Gasteiger partial charge is 0.269 e. The van der Waals surface area contributed by atoms with Gasteiger partial charge in [-0.15, -0.1) is 0 Å². The highest BCUT2D eigenvalue weighted by molar-refractivity contribution is 7.90. The van der Waals surface area contributed by atoms with Crippen molar-refractivity contribution < 1.29 is 13.2 Å². The van der Waals surface area contributed by atoms with Gasteiger partial charge in [0.1, 0.15) is 4.90 Å². The summed E-state index contributed by atoms with van der Waals surface area (Å²) in [7, 11) is -3.81. The Morgan fingerprint density at radius 2 is 2.29 bits per heavy atom.